The number of methoxy groups -OCH3 is 1. The molecule has 1 atom stereocenters. The van der Waals surface area contributed by atoms with Crippen LogP contribution >= 0.6 is 0 Å². The Morgan fingerprint density at radius 1 is 1.37 bits per heavy atom. The van der Waals surface area contributed by atoms with E-state index in [2.05, 4.69) is 18.9 Å². The third-order valence-electron chi connectivity index (χ3n) is 4.47. The van der Waals surface area contributed by atoms with Crippen molar-refractivity contribution in [2.45, 2.75) is 64.0 Å². The summed E-state index contributed by atoms with van der Waals surface area (Å²) in [4.78, 5) is 13.9. The summed E-state index contributed by atoms with van der Waals surface area (Å²) in [5, 5.41) is 0. The molecule has 4 heteroatoms. The molecule has 0 aromatic carbocycles. The fraction of sp³-hybridized carbons (Fsp3) is 0.933. The van der Waals surface area contributed by atoms with Gasteiger partial charge in [-0.15, -0.1) is 0 Å². The van der Waals surface area contributed by atoms with Crippen LogP contribution in [-0.2, 0) is 9.53 Å². The van der Waals surface area contributed by atoms with Crippen molar-refractivity contribution >= 4 is 5.97 Å². The highest BCUT2D eigenvalue weighted by Gasteiger charge is 2.29. The number of carbonyl (C=O) groups excluding carboxylic acids is 1. The molecule has 1 saturated carbocycles. The predicted octanol–water partition coefficient (Wildman–Crippen LogP) is 2.17. The summed E-state index contributed by atoms with van der Waals surface area (Å²) in [5.41, 5.74) is 5.11. The van der Waals surface area contributed by atoms with E-state index < -0.39 is 5.54 Å². The summed E-state index contributed by atoms with van der Waals surface area (Å²) in [6.07, 6.45) is 6.89. The molecule has 0 spiro atoms. The van der Waals surface area contributed by atoms with E-state index in [1.54, 1.807) is 6.92 Å². The first-order chi connectivity index (χ1) is 8.86. The Hall–Kier alpha value is -0.610. The van der Waals surface area contributed by atoms with Crippen LogP contribution in [0.4, 0.5) is 0 Å². The van der Waals surface area contributed by atoms with E-state index in [1.165, 1.54) is 32.8 Å². The van der Waals surface area contributed by atoms with Crippen LogP contribution in [0.3, 0.4) is 0 Å². The molecule has 1 rings (SSSR count). The highest BCUT2D eigenvalue weighted by molar-refractivity contribution is 5.79. The van der Waals surface area contributed by atoms with E-state index in [1.807, 2.05) is 0 Å². The second kappa shape index (κ2) is 7.25. The number of nitrogens with zero attached hydrogens (tertiary/aromatic N) is 1. The smallest absolute Gasteiger partial charge is 0.325 e. The van der Waals surface area contributed by atoms with Crippen molar-refractivity contribution in [1.29, 1.82) is 0 Å². The van der Waals surface area contributed by atoms with E-state index in [0.717, 1.165) is 18.9 Å². The van der Waals surface area contributed by atoms with Crippen LogP contribution in [0.15, 0.2) is 0 Å². The molecular weight excluding hydrogens is 240 g/mol. The Morgan fingerprint density at radius 2 is 1.95 bits per heavy atom. The highest BCUT2D eigenvalue weighted by atomic mass is 16.5. The fourth-order valence-corrected chi connectivity index (χ4v) is 2.90. The number of nitrogens with two attached hydrogens (primary N) is 1. The van der Waals surface area contributed by atoms with Gasteiger partial charge in [0.05, 0.1) is 7.11 Å². The van der Waals surface area contributed by atoms with Gasteiger partial charge in [0.2, 0.25) is 0 Å². The van der Waals surface area contributed by atoms with Gasteiger partial charge >= 0.3 is 5.97 Å². The molecule has 2 N–H and O–H groups in total. The number of esters is 1. The zero-order valence-corrected chi connectivity index (χ0v) is 12.9. The van der Waals surface area contributed by atoms with Crippen molar-refractivity contribution < 1.29 is 9.53 Å². The van der Waals surface area contributed by atoms with E-state index in [-0.39, 0.29) is 5.97 Å². The van der Waals surface area contributed by atoms with Gasteiger partial charge in [-0.25, -0.2) is 0 Å². The molecule has 112 valence electrons. The first-order valence-corrected chi connectivity index (χ1v) is 7.44. The summed E-state index contributed by atoms with van der Waals surface area (Å²) < 4.78 is 4.72. The molecule has 0 aromatic heterocycles. The first-order valence-electron chi connectivity index (χ1n) is 7.44. The molecule has 0 aromatic rings. The fourth-order valence-electron chi connectivity index (χ4n) is 2.90. The largest absolute Gasteiger partial charge is 0.468 e. The Balaban J connectivity index is 2.27. The molecule has 1 unspecified atom stereocenters. The van der Waals surface area contributed by atoms with Crippen LogP contribution in [0.5, 0.6) is 0 Å². The lowest BCUT2D eigenvalue weighted by molar-refractivity contribution is -0.146. The van der Waals surface area contributed by atoms with Crippen LogP contribution in [0.25, 0.3) is 0 Å². The van der Waals surface area contributed by atoms with Crippen LogP contribution < -0.4 is 5.73 Å². The van der Waals surface area contributed by atoms with Crippen LogP contribution in [0.1, 0.15) is 52.4 Å². The summed E-state index contributed by atoms with van der Waals surface area (Å²) in [7, 11) is 3.58. The molecule has 4 nitrogen and oxygen atoms in total. The van der Waals surface area contributed by atoms with Gasteiger partial charge < -0.3 is 15.4 Å². The van der Waals surface area contributed by atoms with Crippen molar-refractivity contribution in [2.24, 2.45) is 11.7 Å². The lowest BCUT2D eigenvalue weighted by Gasteiger charge is -2.34. The molecule has 0 radical (unpaired) electrons. The summed E-state index contributed by atoms with van der Waals surface area (Å²) in [6.45, 7) is 5.09. The molecule has 1 aliphatic rings. The number of carbonyl (C=O) groups is 1. The Morgan fingerprint density at radius 3 is 2.47 bits per heavy atom. The standard InChI is InChI=1S/C15H30N2O2/c1-12-6-8-13(9-7-12)17(3)11-5-10-15(2,16)14(18)19-4/h12-13H,5-11,16H2,1-4H3. The zero-order chi connectivity index (χ0) is 14.5. The lowest BCUT2D eigenvalue weighted by Crippen LogP contribution is -2.46. The third kappa shape index (κ3) is 5.11. The van der Waals surface area contributed by atoms with E-state index in [4.69, 9.17) is 10.5 Å². The predicted molar refractivity (Wildman–Crippen MR) is 77.9 cm³/mol. The maximum absolute atomic E-state index is 11.5. The van der Waals surface area contributed by atoms with Gasteiger partial charge in [-0.3, -0.25) is 4.79 Å². The van der Waals surface area contributed by atoms with Crippen molar-refractivity contribution in [2.75, 3.05) is 20.7 Å². The van der Waals surface area contributed by atoms with Crippen LogP contribution in [-0.4, -0.2) is 43.2 Å². The van der Waals surface area contributed by atoms with E-state index in [0.29, 0.717) is 12.5 Å². The molecule has 1 fully saturated rings. The van der Waals surface area contributed by atoms with Crippen molar-refractivity contribution in [3.05, 3.63) is 0 Å². The van der Waals surface area contributed by atoms with Crippen LogP contribution in [0.2, 0.25) is 0 Å². The minimum absolute atomic E-state index is 0.318. The van der Waals surface area contributed by atoms with Gasteiger partial charge in [0, 0.05) is 6.04 Å². The molecule has 0 saturated heterocycles. The summed E-state index contributed by atoms with van der Waals surface area (Å²) >= 11 is 0. The van der Waals surface area contributed by atoms with E-state index in [9.17, 15) is 4.79 Å². The number of hydrogen-bond donors (Lipinski definition) is 1. The lowest BCUT2D eigenvalue weighted by atomic mass is 9.86. The molecule has 0 heterocycles. The minimum atomic E-state index is -0.851. The normalized spacial score (nSPS) is 27.1. The Kier molecular flexibility index (Phi) is 6.27. The van der Waals surface area contributed by atoms with Crippen molar-refractivity contribution in [3.8, 4) is 0 Å². The quantitative estimate of drug-likeness (QED) is 0.752. The average Bonchev–Trinajstić information content (AvgIpc) is 2.38. The van der Waals surface area contributed by atoms with Crippen molar-refractivity contribution in [3.63, 3.8) is 0 Å². The number of hydrogen-bond acceptors (Lipinski definition) is 4. The first kappa shape index (κ1) is 16.4. The second-order valence-electron chi connectivity index (χ2n) is 6.41. The zero-order valence-electron chi connectivity index (χ0n) is 12.9. The number of rotatable bonds is 6. The monoisotopic (exact) mass is 270 g/mol. The Bertz CT molecular complexity index is 284. The highest BCUT2D eigenvalue weighted by Crippen LogP contribution is 2.26. The summed E-state index contributed by atoms with van der Waals surface area (Å²) in [5.74, 6) is 0.568. The van der Waals surface area contributed by atoms with Crippen LogP contribution in [0, 0.1) is 5.92 Å². The van der Waals surface area contributed by atoms with E-state index >= 15 is 0 Å². The molecular formula is C15H30N2O2. The topological polar surface area (TPSA) is 55.6 Å². The van der Waals surface area contributed by atoms with Gasteiger partial charge in [-0.1, -0.05) is 6.92 Å². The number of ether oxygens (including phenoxy) is 1. The second-order valence-corrected chi connectivity index (χ2v) is 6.41. The molecule has 0 aliphatic heterocycles. The van der Waals surface area contributed by atoms with Gasteiger partial charge in [0.15, 0.2) is 0 Å². The molecule has 1 aliphatic carbocycles. The maximum Gasteiger partial charge on any atom is 0.325 e. The maximum atomic E-state index is 11.5. The molecule has 0 amide bonds. The van der Waals surface area contributed by atoms with Gasteiger partial charge in [0.25, 0.3) is 0 Å². The van der Waals surface area contributed by atoms with Gasteiger partial charge in [-0.05, 0) is 65.0 Å². The summed E-state index contributed by atoms with van der Waals surface area (Å²) in [6, 6.07) is 0.707. The van der Waals surface area contributed by atoms with Gasteiger partial charge in [0.1, 0.15) is 5.54 Å². The molecule has 19 heavy (non-hydrogen) atoms. The Labute approximate surface area is 117 Å². The third-order valence-corrected chi connectivity index (χ3v) is 4.47. The van der Waals surface area contributed by atoms with Gasteiger partial charge in [-0.2, -0.15) is 0 Å². The molecule has 0 bridgehead atoms. The minimum Gasteiger partial charge on any atom is -0.468 e. The van der Waals surface area contributed by atoms with Crippen molar-refractivity contribution in [1.82, 2.24) is 4.90 Å². The average molecular weight is 270 g/mol. The SMILES string of the molecule is COC(=O)C(C)(N)CCCN(C)C1CCC(C)CC1.